The van der Waals surface area contributed by atoms with Gasteiger partial charge in [-0.05, 0) is 101 Å². The average Bonchev–Trinajstić information content (AvgIpc) is 3.44. The van der Waals surface area contributed by atoms with E-state index >= 15 is 4.39 Å². The Balaban J connectivity index is 1.33. The Morgan fingerprint density at radius 2 is 1.57 bits per heavy atom. The quantitative estimate of drug-likeness (QED) is 0.310. The number of fused-ring (bicyclic) bond motifs is 5. The zero-order chi connectivity index (χ0) is 34.9. The summed E-state index contributed by atoms with van der Waals surface area (Å²) in [6.45, 7) is 8.15. The second kappa shape index (κ2) is 13.8. The summed E-state index contributed by atoms with van der Waals surface area (Å²) in [7, 11) is 0. The molecule has 7 rings (SSSR count). The van der Waals surface area contributed by atoms with E-state index in [9.17, 15) is 19.2 Å². The third-order valence-corrected chi connectivity index (χ3v) is 9.24. The molecule has 4 amide bonds. The Labute approximate surface area is 285 Å². The van der Waals surface area contributed by atoms with Gasteiger partial charge in [0.2, 0.25) is 12.1 Å². The van der Waals surface area contributed by atoms with Crippen LogP contribution in [0.4, 0.5) is 20.6 Å². The molecule has 2 bridgehead atoms. The minimum atomic E-state index is -1.51. The van der Waals surface area contributed by atoms with Crippen LogP contribution in [-0.2, 0) is 14.3 Å². The van der Waals surface area contributed by atoms with E-state index in [1.165, 1.54) is 17.0 Å². The first-order chi connectivity index (χ1) is 23.4. The molecular weight excluding hydrogens is 625 g/mol. The summed E-state index contributed by atoms with van der Waals surface area (Å²) in [6.07, 6.45) is 2.88. The van der Waals surface area contributed by atoms with Gasteiger partial charge in [0, 0.05) is 29.9 Å². The average molecular weight is 668 g/mol. The molecule has 2 saturated heterocycles. The molecule has 3 aromatic rings. The highest BCUT2D eigenvalue weighted by Crippen LogP contribution is 2.35. The molecule has 1 aliphatic carbocycles. The summed E-state index contributed by atoms with van der Waals surface area (Å²) in [5, 5.41) is 5.31. The summed E-state index contributed by atoms with van der Waals surface area (Å²) in [5.41, 5.74) is 1.73. The maximum atomic E-state index is 15.4. The van der Waals surface area contributed by atoms with E-state index in [2.05, 4.69) is 15.6 Å². The summed E-state index contributed by atoms with van der Waals surface area (Å²) in [6, 6.07) is 16.9. The number of carbonyl (C=O) groups is 4. The van der Waals surface area contributed by atoms with Crippen molar-refractivity contribution in [3.05, 3.63) is 94.8 Å². The lowest BCUT2D eigenvalue weighted by molar-refractivity contribution is -0.132. The minimum Gasteiger partial charge on any atom is -0.456 e. The number of aliphatic imine (C=N–C) groups is 1. The van der Waals surface area contributed by atoms with Crippen LogP contribution >= 0.6 is 0 Å². The number of halogens is 1. The fourth-order valence-electron chi connectivity index (χ4n) is 6.92. The van der Waals surface area contributed by atoms with Crippen LogP contribution in [0.15, 0.2) is 71.7 Å². The van der Waals surface area contributed by atoms with Gasteiger partial charge in [0.15, 0.2) is 0 Å². The monoisotopic (exact) mass is 667 g/mol. The molecule has 3 aromatic carbocycles. The number of hydrogen-bond acceptors (Lipinski definition) is 6. The van der Waals surface area contributed by atoms with Gasteiger partial charge in [-0.3, -0.25) is 14.5 Å². The van der Waals surface area contributed by atoms with E-state index in [0.29, 0.717) is 41.7 Å². The van der Waals surface area contributed by atoms with Gasteiger partial charge in [0.1, 0.15) is 18.0 Å². The number of ether oxygens (including phenoxy) is 1. The fraction of sp³-hybridized carbons (Fsp3) is 0.395. The van der Waals surface area contributed by atoms with Gasteiger partial charge in [-0.2, -0.15) is 0 Å². The molecule has 3 aliphatic heterocycles. The Morgan fingerprint density at radius 1 is 0.918 bits per heavy atom. The largest absolute Gasteiger partial charge is 0.456 e. The molecule has 0 aromatic heterocycles. The first kappa shape index (κ1) is 33.8. The number of amides is 4. The number of hydrogen-bond donors (Lipinski definition) is 2. The first-order valence-electron chi connectivity index (χ1n) is 16.8. The van der Waals surface area contributed by atoms with Gasteiger partial charge < -0.3 is 20.3 Å². The number of para-hydroxylation sites is 1. The van der Waals surface area contributed by atoms with Crippen molar-refractivity contribution in [3.8, 4) is 0 Å². The third-order valence-electron chi connectivity index (χ3n) is 9.24. The highest BCUT2D eigenvalue weighted by Gasteiger charge is 2.38. The minimum absolute atomic E-state index is 0.150. The maximum Gasteiger partial charge on any atom is 0.338 e. The molecule has 1 saturated carbocycles. The number of carbonyl (C=O) groups excluding carboxylic acids is 4. The van der Waals surface area contributed by atoms with Crippen molar-refractivity contribution in [3.63, 3.8) is 0 Å². The highest BCUT2D eigenvalue weighted by atomic mass is 19.1. The van der Waals surface area contributed by atoms with Gasteiger partial charge in [0.05, 0.1) is 17.0 Å². The molecule has 3 heterocycles. The molecule has 0 radical (unpaired) electrons. The zero-order valence-corrected chi connectivity index (χ0v) is 28.3. The predicted molar refractivity (Wildman–Crippen MR) is 185 cm³/mol. The van der Waals surface area contributed by atoms with Gasteiger partial charge >= 0.3 is 12.0 Å². The van der Waals surface area contributed by atoms with Gasteiger partial charge in [-0.1, -0.05) is 36.4 Å². The number of rotatable bonds is 6. The summed E-state index contributed by atoms with van der Waals surface area (Å²) >= 11 is 0. The predicted octanol–water partition coefficient (Wildman–Crippen LogP) is 6.07. The Kier molecular flexibility index (Phi) is 9.54. The molecule has 10 nitrogen and oxygen atoms in total. The van der Waals surface area contributed by atoms with E-state index in [0.717, 1.165) is 25.7 Å². The van der Waals surface area contributed by atoms with Crippen LogP contribution in [0, 0.1) is 24.6 Å². The van der Waals surface area contributed by atoms with E-state index in [1.807, 2.05) is 17.9 Å². The SMILES string of the molecule is Cc1cccc2c1N(CC(=O)N1CC3CCC(CC3)C1)C(=O)[C@H](NC(=O)Nc1cccc(C(=O)OC(C)(C)C)c1)N=C2c1ccccc1F. The number of nitrogens with one attached hydrogen (secondary N) is 2. The number of esters is 1. The van der Waals surface area contributed by atoms with E-state index in [-0.39, 0.29) is 35.0 Å². The van der Waals surface area contributed by atoms with E-state index < -0.39 is 35.5 Å². The van der Waals surface area contributed by atoms with Gasteiger partial charge in [-0.15, -0.1) is 0 Å². The van der Waals surface area contributed by atoms with Crippen molar-refractivity contribution in [2.45, 2.75) is 65.1 Å². The molecule has 4 aliphatic rings. The maximum absolute atomic E-state index is 15.4. The van der Waals surface area contributed by atoms with Crippen LogP contribution in [0.25, 0.3) is 0 Å². The number of benzene rings is 3. The molecule has 3 fully saturated rings. The molecule has 11 heteroatoms. The first-order valence-corrected chi connectivity index (χ1v) is 16.8. The van der Waals surface area contributed by atoms with Crippen molar-refractivity contribution in [1.29, 1.82) is 0 Å². The Bertz CT molecular complexity index is 1800. The topological polar surface area (TPSA) is 120 Å². The van der Waals surface area contributed by atoms with Crippen molar-refractivity contribution < 1.29 is 28.3 Å². The van der Waals surface area contributed by atoms with Crippen LogP contribution in [0.2, 0.25) is 0 Å². The molecule has 0 spiro atoms. The Hall–Kier alpha value is -5.06. The van der Waals surface area contributed by atoms with Gasteiger partial charge in [0.25, 0.3) is 5.91 Å². The molecule has 256 valence electrons. The number of anilines is 2. The number of aryl methyl sites for hydroxylation is 1. The second-order valence-corrected chi connectivity index (χ2v) is 14.1. The second-order valence-electron chi connectivity index (χ2n) is 14.1. The highest BCUT2D eigenvalue weighted by molar-refractivity contribution is 6.21. The van der Waals surface area contributed by atoms with Crippen molar-refractivity contribution >= 4 is 40.9 Å². The van der Waals surface area contributed by atoms with Crippen LogP contribution in [0.1, 0.15) is 73.5 Å². The lowest BCUT2D eigenvalue weighted by atomic mass is 9.84. The Morgan fingerprint density at radius 3 is 2.24 bits per heavy atom. The van der Waals surface area contributed by atoms with Crippen molar-refractivity contribution in [1.82, 2.24) is 10.2 Å². The van der Waals surface area contributed by atoms with Crippen molar-refractivity contribution in [2.24, 2.45) is 16.8 Å². The van der Waals surface area contributed by atoms with Crippen LogP contribution in [0.3, 0.4) is 0 Å². The van der Waals surface area contributed by atoms with E-state index in [1.54, 1.807) is 69.3 Å². The number of nitrogens with zero attached hydrogens (tertiary/aromatic N) is 3. The fourth-order valence-corrected chi connectivity index (χ4v) is 6.92. The van der Waals surface area contributed by atoms with Crippen LogP contribution < -0.4 is 15.5 Å². The molecule has 1 atom stereocenters. The third kappa shape index (κ3) is 7.66. The van der Waals surface area contributed by atoms with Crippen LogP contribution in [-0.4, -0.2) is 65.8 Å². The summed E-state index contributed by atoms with van der Waals surface area (Å²) in [4.78, 5) is 62.5. The lowest BCUT2D eigenvalue weighted by Crippen LogP contribution is -2.52. The lowest BCUT2D eigenvalue weighted by Gasteiger charge is -2.30. The molecule has 0 unspecified atom stereocenters. The molecule has 49 heavy (non-hydrogen) atoms. The molecular formula is C38H42FN5O5. The van der Waals surface area contributed by atoms with Crippen LogP contribution in [0.5, 0.6) is 0 Å². The summed E-state index contributed by atoms with van der Waals surface area (Å²) < 4.78 is 20.8. The number of benzodiazepines with no additional fused rings is 1. The normalized spacial score (nSPS) is 20.5. The van der Waals surface area contributed by atoms with Crippen molar-refractivity contribution in [2.75, 3.05) is 29.9 Å². The standard InChI is InChI=1S/C38H42FN5O5/c1-23-9-7-13-29-32(28-12-5-6-14-30(28)39)41-34(42-37(48)40-27-11-8-10-26(19-27)36(47)49-38(2,3)4)35(46)44(33(23)29)22-31(45)43-20-24-15-16-25(21-43)18-17-24/h5-14,19,24-25,34H,15-18,20-22H2,1-4H3,(H2,40,42,48)/t24?,25?,34-/m0/s1. The summed E-state index contributed by atoms with van der Waals surface area (Å²) in [5.74, 6) is -1.03. The smallest absolute Gasteiger partial charge is 0.338 e. The number of urea groups is 1. The van der Waals surface area contributed by atoms with Gasteiger partial charge in [-0.25, -0.2) is 19.0 Å². The molecule has 2 N–H and O–H groups in total. The zero-order valence-electron chi connectivity index (χ0n) is 28.3. The van der Waals surface area contributed by atoms with E-state index in [4.69, 9.17) is 4.74 Å².